The molecule has 0 heterocycles. The first-order valence-electron chi connectivity index (χ1n) is 6.80. The van der Waals surface area contributed by atoms with Gasteiger partial charge in [0.2, 0.25) is 12.7 Å². The molecule has 0 fully saturated rings. The molecule has 20 heavy (non-hydrogen) atoms. The Kier molecular flexibility index (Phi) is 4.57. The molecule has 0 spiro atoms. The van der Waals surface area contributed by atoms with Gasteiger partial charge < -0.3 is 4.57 Å². The van der Waals surface area contributed by atoms with Crippen LogP contribution in [0.4, 0.5) is 0 Å². The molecular formula is C17H19O2P. The maximum Gasteiger partial charge on any atom is 0.205 e. The van der Waals surface area contributed by atoms with E-state index in [0.717, 1.165) is 0 Å². The van der Waals surface area contributed by atoms with Gasteiger partial charge in [-0.25, -0.2) is 0 Å². The fourth-order valence-electron chi connectivity index (χ4n) is 2.19. The lowest BCUT2D eigenvalue weighted by molar-refractivity contribution is -0.112. The smallest absolute Gasteiger partial charge is 0.205 e. The highest BCUT2D eigenvalue weighted by atomic mass is 31.2. The molecule has 0 aromatic heterocycles. The predicted molar refractivity (Wildman–Crippen MR) is 84.2 cm³/mol. The van der Waals surface area contributed by atoms with Gasteiger partial charge >= 0.3 is 0 Å². The summed E-state index contributed by atoms with van der Waals surface area (Å²) in [7, 11) is -3.21. The summed E-state index contributed by atoms with van der Waals surface area (Å²) < 4.78 is 13.5. The molecule has 0 aliphatic rings. The van der Waals surface area contributed by atoms with Gasteiger partial charge in [0.25, 0.3) is 0 Å². The van der Waals surface area contributed by atoms with E-state index in [0.29, 0.717) is 17.0 Å². The van der Waals surface area contributed by atoms with E-state index in [1.54, 1.807) is 24.3 Å². The Morgan fingerprint density at radius 2 is 1.30 bits per heavy atom. The molecule has 2 aromatic rings. The molecule has 0 amide bonds. The molecule has 104 valence electrons. The Morgan fingerprint density at radius 1 is 0.900 bits per heavy atom. The van der Waals surface area contributed by atoms with E-state index in [-0.39, 0.29) is 11.4 Å². The monoisotopic (exact) mass is 286 g/mol. The molecule has 3 heteroatoms. The fraction of sp³-hybridized carbons (Fsp3) is 0.235. The number of hydrogen-bond donors (Lipinski definition) is 0. The summed E-state index contributed by atoms with van der Waals surface area (Å²) in [6.45, 7) is 3.94. The van der Waals surface area contributed by atoms with Gasteiger partial charge in [-0.2, -0.15) is 0 Å². The van der Waals surface area contributed by atoms with Gasteiger partial charge in [0.15, 0.2) is 0 Å². The van der Waals surface area contributed by atoms with E-state index in [4.69, 9.17) is 0 Å². The highest BCUT2D eigenvalue weighted by Crippen LogP contribution is 2.45. The molecule has 0 N–H and O–H groups in total. The number of carbonyl (C=O) groups is 1. The van der Waals surface area contributed by atoms with Crippen LogP contribution in [0.25, 0.3) is 0 Å². The summed E-state index contributed by atoms with van der Waals surface area (Å²) in [4.78, 5) is 12.6. The molecule has 2 nitrogen and oxygen atoms in total. The zero-order chi connectivity index (χ0) is 14.6. The zero-order valence-corrected chi connectivity index (χ0v) is 12.7. The van der Waals surface area contributed by atoms with Gasteiger partial charge in [0.1, 0.15) is 0 Å². The second kappa shape index (κ2) is 6.19. The van der Waals surface area contributed by atoms with Crippen LogP contribution >= 0.6 is 7.14 Å². The van der Waals surface area contributed by atoms with Crippen molar-refractivity contribution in [2.24, 2.45) is 5.92 Å². The largest absolute Gasteiger partial charge is 0.306 e. The van der Waals surface area contributed by atoms with E-state index in [9.17, 15) is 9.36 Å². The third-order valence-corrected chi connectivity index (χ3v) is 6.11. The summed E-state index contributed by atoms with van der Waals surface area (Å²) in [5.74, 6) is 0.197. The highest BCUT2D eigenvalue weighted by molar-refractivity contribution is 7.93. The molecule has 0 bridgehead atoms. The van der Waals surface area contributed by atoms with Crippen molar-refractivity contribution in [1.82, 2.24) is 0 Å². The lowest BCUT2D eigenvalue weighted by Gasteiger charge is -2.18. The van der Waals surface area contributed by atoms with E-state index in [2.05, 4.69) is 0 Å². The molecule has 0 aliphatic heterocycles. The molecule has 2 aromatic carbocycles. The first kappa shape index (κ1) is 14.7. The lowest BCUT2D eigenvalue weighted by atomic mass is 10.2. The van der Waals surface area contributed by atoms with Gasteiger partial charge in [-0.15, -0.1) is 0 Å². The van der Waals surface area contributed by atoms with Crippen LogP contribution in [-0.2, 0) is 9.36 Å². The van der Waals surface area contributed by atoms with E-state index in [1.807, 2.05) is 50.2 Å². The SMILES string of the molecule is CC(C)CC(=O)P(=O)(c1ccccc1)c1ccccc1. The minimum absolute atomic E-state index is 0.162. The topological polar surface area (TPSA) is 34.1 Å². The van der Waals surface area contributed by atoms with Crippen molar-refractivity contribution in [2.45, 2.75) is 20.3 Å². The maximum atomic E-state index is 13.5. The van der Waals surface area contributed by atoms with Crippen LogP contribution in [-0.4, -0.2) is 5.52 Å². The zero-order valence-electron chi connectivity index (χ0n) is 11.8. The molecule has 0 aliphatic carbocycles. The Hall–Kier alpha value is -1.66. The number of benzene rings is 2. The molecule has 0 unspecified atom stereocenters. The third kappa shape index (κ3) is 2.91. The molecule has 0 saturated carbocycles. The summed E-state index contributed by atoms with van der Waals surface area (Å²) >= 11 is 0. The summed E-state index contributed by atoms with van der Waals surface area (Å²) in [6, 6.07) is 18.2. The standard InChI is InChI=1S/C17H19O2P/c1-14(2)13-17(18)20(19,15-9-5-3-6-10-15)16-11-7-4-8-12-16/h3-12,14H,13H2,1-2H3. The molecule has 0 radical (unpaired) electrons. The average molecular weight is 286 g/mol. The Labute approximate surface area is 120 Å². The number of carbonyl (C=O) groups excluding carboxylic acids is 1. The molecule has 0 atom stereocenters. The van der Waals surface area contributed by atoms with Crippen LogP contribution in [0.2, 0.25) is 0 Å². The normalized spacial score (nSPS) is 11.6. The van der Waals surface area contributed by atoms with Gasteiger partial charge in [-0.1, -0.05) is 74.5 Å². The summed E-state index contributed by atoms with van der Waals surface area (Å²) in [6.07, 6.45) is 0.334. The van der Waals surface area contributed by atoms with E-state index >= 15 is 0 Å². The first-order chi connectivity index (χ1) is 9.55. The predicted octanol–water partition coefficient (Wildman–Crippen LogP) is 3.57. The second-order valence-electron chi connectivity index (χ2n) is 5.27. The number of rotatable bonds is 5. The van der Waals surface area contributed by atoms with Crippen molar-refractivity contribution >= 4 is 23.3 Å². The molecule has 0 saturated heterocycles. The van der Waals surface area contributed by atoms with Crippen molar-refractivity contribution < 1.29 is 9.36 Å². The van der Waals surface area contributed by atoms with Gasteiger partial charge in [-0.3, -0.25) is 4.79 Å². The van der Waals surface area contributed by atoms with Gasteiger partial charge in [0.05, 0.1) is 0 Å². The van der Waals surface area contributed by atoms with Crippen LogP contribution in [0.1, 0.15) is 20.3 Å². The first-order valence-corrected chi connectivity index (χ1v) is 8.50. The van der Waals surface area contributed by atoms with Crippen molar-refractivity contribution in [3.63, 3.8) is 0 Å². The van der Waals surface area contributed by atoms with Crippen LogP contribution in [0.3, 0.4) is 0 Å². The van der Waals surface area contributed by atoms with Crippen molar-refractivity contribution in [3.8, 4) is 0 Å². The average Bonchev–Trinajstić information content (AvgIpc) is 2.47. The minimum Gasteiger partial charge on any atom is -0.306 e. The molecule has 2 rings (SSSR count). The Balaban J connectivity index is 2.56. The van der Waals surface area contributed by atoms with E-state index in [1.165, 1.54) is 0 Å². The second-order valence-corrected chi connectivity index (χ2v) is 8.02. The van der Waals surface area contributed by atoms with E-state index < -0.39 is 7.14 Å². The number of hydrogen-bond acceptors (Lipinski definition) is 2. The van der Waals surface area contributed by atoms with Crippen LogP contribution < -0.4 is 10.6 Å². The summed E-state index contributed by atoms with van der Waals surface area (Å²) in [5, 5.41) is 1.24. The Bertz CT molecular complexity index is 574. The quantitative estimate of drug-likeness (QED) is 0.787. The lowest BCUT2D eigenvalue weighted by Crippen LogP contribution is -2.23. The third-order valence-electron chi connectivity index (χ3n) is 3.17. The van der Waals surface area contributed by atoms with Crippen molar-refractivity contribution in [1.29, 1.82) is 0 Å². The Morgan fingerprint density at radius 3 is 1.65 bits per heavy atom. The van der Waals surface area contributed by atoms with Crippen LogP contribution in [0, 0.1) is 5.92 Å². The van der Waals surface area contributed by atoms with Crippen LogP contribution in [0.5, 0.6) is 0 Å². The highest BCUT2D eigenvalue weighted by Gasteiger charge is 2.35. The fourth-order valence-corrected chi connectivity index (χ4v) is 4.87. The molecular weight excluding hydrogens is 267 g/mol. The van der Waals surface area contributed by atoms with Crippen molar-refractivity contribution in [3.05, 3.63) is 60.7 Å². The van der Waals surface area contributed by atoms with Crippen LogP contribution in [0.15, 0.2) is 60.7 Å². The maximum absolute atomic E-state index is 13.5. The summed E-state index contributed by atoms with van der Waals surface area (Å²) in [5.41, 5.74) is -0.162. The minimum atomic E-state index is -3.21. The van der Waals surface area contributed by atoms with Gasteiger partial charge in [0, 0.05) is 17.0 Å². The van der Waals surface area contributed by atoms with Crippen molar-refractivity contribution in [2.75, 3.05) is 0 Å². The van der Waals surface area contributed by atoms with Gasteiger partial charge in [-0.05, 0) is 5.92 Å².